The Hall–Kier alpha value is -2.02. The molecular formula is C16H20N2O2. The van der Waals surface area contributed by atoms with Gasteiger partial charge in [-0.3, -0.25) is 0 Å². The summed E-state index contributed by atoms with van der Waals surface area (Å²) in [4.78, 5) is 13.2. The molecule has 1 heterocycles. The standard InChI is InChI=1S/C16H20N2O2/c1-3-16(4-2)7-8-18(11-16)14-6-5-12(15(19)20)9-13(14)10-17/h5-6,9H,3-4,7-8,11H2,1-2H3,(H,19,20). The molecule has 2 rings (SSSR count). The van der Waals surface area contributed by atoms with Crippen molar-refractivity contribution in [3.05, 3.63) is 29.3 Å². The molecule has 4 heteroatoms. The van der Waals surface area contributed by atoms with Gasteiger partial charge in [0.25, 0.3) is 0 Å². The minimum atomic E-state index is -0.995. The molecule has 0 saturated carbocycles. The Morgan fingerprint density at radius 1 is 1.45 bits per heavy atom. The number of nitriles is 1. The fraction of sp³-hybridized carbons (Fsp3) is 0.500. The molecule has 1 aliphatic rings. The van der Waals surface area contributed by atoms with Crippen LogP contribution in [0.25, 0.3) is 0 Å². The lowest BCUT2D eigenvalue weighted by Gasteiger charge is -2.27. The summed E-state index contributed by atoms with van der Waals surface area (Å²) in [5, 5.41) is 18.3. The molecule has 0 bridgehead atoms. The molecule has 0 radical (unpaired) electrons. The number of benzene rings is 1. The minimum Gasteiger partial charge on any atom is -0.478 e. The Morgan fingerprint density at radius 2 is 2.15 bits per heavy atom. The van der Waals surface area contributed by atoms with E-state index in [0.29, 0.717) is 11.0 Å². The normalized spacial score (nSPS) is 16.9. The van der Waals surface area contributed by atoms with Crippen molar-refractivity contribution in [2.45, 2.75) is 33.1 Å². The number of carbonyl (C=O) groups is 1. The van der Waals surface area contributed by atoms with Crippen molar-refractivity contribution in [3.63, 3.8) is 0 Å². The maximum atomic E-state index is 11.0. The summed E-state index contributed by atoms with van der Waals surface area (Å²) in [7, 11) is 0. The summed E-state index contributed by atoms with van der Waals surface area (Å²) in [5.74, 6) is -0.995. The molecule has 0 aromatic heterocycles. The molecule has 1 saturated heterocycles. The van der Waals surface area contributed by atoms with Gasteiger partial charge in [0.1, 0.15) is 6.07 Å². The zero-order valence-electron chi connectivity index (χ0n) is 12.0. The van der Waals surface area contributed by atoms with Crippen LogP contribution in [0.4, 0.5) is 5.69 Å². The zero-order valence-corrected chi connectivity index (χ0v) is 12.0. The van der Waals surface area contributed by atoms with E-state index in [1.807, 2.05) is 0 Å². The van der Waals surface area contributed by atoms with Gasteiger partial charge in [-0.05, 0) is 42.9 Å². The van der Waals surface area contributed by atoms with Crippen molar-refractivity contribution in [1.29, 1.82) is 5.26 Å². The third-order valence-electron chi connectivity index (χ3n) is 4.64. The van der Waals surface area contributed by atoms with E-state index < -0.39 is 5.97 Å². The molecule has 0 aliphatic carbocycles. The Bertz CT molecular complexity index is 556. The van der Waals surface area contributed by atoms with Crippen molar-refractivity contribution >= 4 is 11.7 Å². The third-order valence-corrected chi connectivity index (χ3v) is 4.64. The van der Waals surface area contributed by atoms with Gasteiger partial charge in [-0.25, -0.2) is 4.79 Å². The Morgan fingerprint density at radius 3 is 2.65 bits per heavy atom. The summed E-state index contributed by atoms with van der Waals surface area (Å²) in [6.07, 6.45) is 3.40. The van der Waals surface area contributed by atoms with Crippen LogP contribution in [-0.2, 0) is 0 Å². The van der Waals surface area contributed by atoms with Crippen LogP contribution in [0.5, 0.6) is 0 Å². The predicted molar refractivity (Wildman–Crippen MR) is 78.0 cm³/mol. The van der Waals surface area contributed by atoms with E-state index in [4.69, 9.17) is 5.11 Å². The summed E-state index contributed by atoms with van der Waals surface area (Å²) >= 11 is 0. The number of aromatic carboxylic acids is 1. The molecule has 106 valence electrons. The highest BCUT2D eigenvalue weighted by atomic mass is 16.4. The second-order valence-corrected chi connectivity index (χ2v) is 5.53. The summed E-state index contributed by atoms with van der Waals surface area (Å²) in [6.45, 7) is 6.31. The average Bonchev–Trinajstić information content (AvgIpc) is 2.91. The number of rotatable bonds is 4. The number of hydrogen-bond donors (Lipinski definition) is 1. The maximum absolute atomic E-state index is 11.0. The first-order valence-corrected chi connectivity index (χ1v) is 7.07. The minimum absolute atomic E-state index is 0.168. The monoisotopic (exact) mass is 272 g/mol. The first-order chi connectivity index (χ1) is 9.55. The van der Waals surface area contributed by atoms with E-state index >= 15 is 0 Å². The predicted octanol–water partition coefficient (Wildman–Crippen LogP) is 3.27. The molecule has 1 fully saturated rings. The molecule has 0 atom stereocenters. The molecule has 1 aromatic rings. The third kappa shape index (κ3) is 2.49. The van der Waals surface area contributed by atoms with Crippen LogP contribution in [-0.4, -0.2) is 24.2 Å². The molecule has 20 heavy (non-hydrogen) atoms. The lowest BCUT2D eigenvalue weighted by molar-refractivity contribution is 0.0697. The molecular weight excluding hydrogens is 252 g/mol. The zero-order chi connectivity index (χ0) is 14.8. The Balaban J connectivity index is 2.31. The van der Waals surface area contributed by atoms with Gasteiger partial charge in [0.2, 0.25) is 0 Å². The van der Waals surface area contributed by atoms with Gasteiger partial charge in [0.05, 0.1) is 16.8 Å². The van der Waals surface area contributed by atoms with Crippen molar-refractivity contribution in [3.8, 4) is 6.07 Å². The molecule has 0 amide bonds. The molecule has 1 aliphatic heterocycles. The van der Waals surface area contributed by atoms with Gasteiger partial charge in [-0.1, -0.05) is 13.8 Å². The second kappa shape index (κ2) is 5.54. The van der Waals surface area contributed by atoms with Crippen LogP contribution in [0.15, 0.2) is 18.2 Å². The Kier molecular flexibility index (Phi) is 3.99. The summed E-state index contributed by atoms with van der Waals surface area (Å²) in [6, 6.07) is 6.94. The highest BCUT2D eigenvalue weighted by Gasteiger charge is 2.35. The van der Waals surface area contributed by atoms with E-state index in [9.17, 15) is 10.1 Å². The van der Waals surface area contributed by atoms with Crippen LogP contribution in [0.2, 0.25) is 0 Å². The number of nitrogens with zero attached hydrogens (tertiary/aromatic N) is 2. The van der Waals surface area contributed by atoms with Gasteiger partial charge in [0, 0.05) is 13.1 Å². The first kappa shape index (κ1) is 14.4. The van der Waals surface area contributed by atoms with Crippen LogP contribution in [0.1, 0.15) is 49.0 Å². The van der Waals surface area contributed by atoms with E-state index in [1.165, 1.54) is 6.07 Å². The lowest BCUT2D eigenvalue weighted by Crippen LogP contribution is -2.26. The SMILES string of the molecule is CCC1(CC)CCN(c2ccc(C(=O)O)cc2C#N)C1. The lowest BCUT2D eigenvalue weighted by atomic mass is 9.82. The summed E-state index contributed by atoms with van der Waals surface area (Å²) in [5.41, 5.74) is 1.81. The number of hydrogen-bond acceptors (Lipinski definition) is 3. The van der Waals surface area contributed by atoms with Gasteiger partial charge in [0.15, 0.2) is 0 Å². The van der Waals surface area contributed by atoms with E-state index in [1.54, 1.807) is 12.1 Å². The first-order valence-electron chi connectivity index (χ1n) is 7.07. The van der Waals surface area contributed by atoms with Gasteiger partial charge in [-0.2, -0.15) is 5.26 Å². The second-order valence-electron chi connectivity index (χ2n) is 5.53. The highest BCUT2D eigenvalue weighted by molar-refractivity contribution is 5.89. The topological polar surface area (TPSA) is 64.3 Å². The van der Waals surface area contributed by atoms with Crippen LogP contribution >= 0.6 is 0 Å². The fourth-order valence-electron chi connectivity index (χ4n) is 3.00. The van der Waals surface area contributed by atoms with E-state index in [2.05, 4.69) is 24.8 Å². The Labute approximate surface area is 119 Å². The van der Waals surface area contributed by atoms with Gasteiger partial charge in [-0.15, -0.1) is 0 Å². The molecule has 0 spiro atoms. The van der Waals surface area contributed by atoms with E-state index in [0.717, 1.165) is 38.0 Å². The smallest absolute Gasteiger partial charge is 0.335 e. The van der Waals surface area contributed by atoms with Crippen molar-refractivity contribution in [2.75, 3.05) is 18.0 Å². The molecule has 0 unspecified atom stereocenters. The van der Waals surface area contributed by atoms with Crippen molar-refractivity contribution in [2.24, 2.45) is 5.41 Å². The van der Waals surface area contributed by atoms with E-state index in [-0.39, 0.29) is 5.56 Å². The van der Waals surface area contributed by atoms with Crippen molar-refractivity contribution < 1.29 is 9.90 Å². The quantitative estimate of drug-likeness (QED) is 0.913. The summed E-state index contributed by atoms with van der Waals surface area (Å²) < 4.78 is 0. The average molecular weight is 272 g/mol. The van der Waals surface area contributed by atoms with Crippen LogP contribution < -0.4 is 4.90 Å². The molecule has 1 aromatic carbocycles. The molecule has 1 N–H and O–H groups in total. The largest absolute Gasteiger partial charge is 0.478 e. The van der Waals surface area contributed by atoms with Gasteiger partial charge >= 0.3 is 5.97 Å². The molecule has 4 nitrogen and oxygen atoms in total. The van der Waals surface area contributed by atoms with Crippen LogP contribution in [0, 0.1) is 16.7 Å². The van der Waals surface area contributed by atoms with Crippen LogP contribution in [0.3, 0.4) is 0 Å². The van der Waals surface area contributed by atoms with Gasteiger partial charge < -0.3 is 10.0 Å². The number of carboxylic acid groups (broad SMARTS) is 1. The highest BCUT2D eigenvalue weighted by Crippen LogP contribution is 2.39. The maximum Gasteiger partial charge on any atom is 0.335 e. The fourth-order valence-corrected chi connectivity index (χ4v) is 3.00. The number of anilines is 1. The number of carboxylic acids is 1. The van der Waals surface area contributed by atoms with Crippen molar-refractivity contribution in [1.82, 2.24) is 0 Å².